The molecule has 1 aliphatic heterocycles. The Morgan fingerprint density at radius 1 is 1.03 bits per heavy atom. The fourth-order valence-electron chi connectivity index (χ4n) is 6.75. The maximum absolute atomic E-state index is 13.1. The van der Waals surface area contributed by atoms with Crippen molar-refractivity contribution in [3.05, 3.63) is 18.2 Å². The first-order valence-corrected chi connectivity index (χ1v) is 10.8. The number of nitrogens with one attached hydrogen (secondary N) is 1. The Morgan fingerprint density at radius 2 is 1.66 bits per heavy atom. The molecule has 0 spiro atoms. The summed E-state index contributed by atoms with van der Waals surface area (Å²) in [5, 5.41) is 3.44. The van der Waals surface area contributed by atoms with E-state index in [1.807, 2.05) is 6.07 Å². The van der Waals surface area contributed by atoms with Crippen LogP contribution in [-0.4, -0.2) is 38.1 Å². The van der Waals surface area contributed by atoms with Crippen molar-refractivity contribution < 1.29 is 19.1 Å². The number of amides is 2. The second-order valence-electron chi connectivity index (χ2n) is 9.63. The highest BCUT2D eigenvalue weighted by Gasteiger charge is 2.52. The van der Waals surface area contributed by atoms with Gasteiger partial charge in [-0.25, -0.2) is 0 Å². The van der Waals surface area contributed by atoms with Crippen molar-refractivity contribution in [3.63, 3.8) is 0 Å². The molecule has 4 aliphatic carbocycles. The van der Waals surface area contributed by atoms with Crippen molar-refractivity contribution in [2.75, 3.05) is 25.7 Å². The van der Waals surface area contributed by atoms with Crippen LogP contribution in [0.25, 0.3) is 0 Å². The van der Waals surface area contributed by atoms with Gasteiger partial charge >= 0.3 is 0 Å². The van der Waals surface area contributed by atoms with E-state index in [1.165, 1.54) is 19.3 Å². The number of hydrogen-bond acceptors (Lipinski definition) is 4. The molecule has 4 bridgehead atoms. The average molecular weight is 399 g/mol. The number of hydrogen-bond donors (Lipinski definition) is 1. The SMILES string of the molecule is COc1ccc(N2CC(C(=O)NC34CC5CC(CC(C5)C3)C4)CC2=O)cc1OC. The number of methoxy groups -OCH3 is 2. The Bertz CT molecular complexity index is 801. The second-order valence-corrected chi connectivity index (χ2v) is 9.63. The molecule has 5 fully saturated rings. The minimum absolute atomic E-state index is 0.00830. The van der Waals surface area contributed by atoms with E-state index in [1.54, 1.807) is 31.3 Å². The van der Waals surface area contributed by atoms with E-state index in [9.17, 15) is 9.59 Å². The van der Waals surface area contributed by atoms with E-state index in [4.69, 9.17) is 9.47 Å². The van der Waals surface area contributed by atoms with Crippen LogP contribution in [0.3, 0.4) is 0 Å². The Morgan fingerprint density at radius 3 is 2.24 bits per heavy atom. The van der Waals surface area contributed by atoms with Gasteiger partial charge in [0.1, 0.15) is 0 Å². The zero-order chi connectivity index (χ0) is 20.2. The van der Waals surface area contributed by atoms with Gasteiger partial charge in [-0.05, 0) is 68.4 Å². The summed E-state index contributed by atoms with van der Waals surface area (Å²) in [6, 6.07) is 5.44. The largest absolute Gasteiger partial charge is 0.493 e. The Kier molecular flexibility index (Phi) is 4.48. The van der Waals surface area contributed by atoms with Gasteiger partial charge in [0.2, 0.25) is 11.8 Å². The van der Waals surface area contributed by atoms with Crippen molar-refractivity contribution in [2.45, 2.75) is 50.5 Å². The van der Waals surface area contributed by atoms with Crippen molar-refractivity contribution in [1.82, 2.24) is 5.32 Å². The highest BCUT2D eigenvalue weighted by molar-refractivity contribution is 6.00. The monoisotopic (exact) mass is 398 g/mol. The number of rotatable bonds is 5. The molecular formula is C23H30N2O4. The van der Waals surface area contributed by atoms with E-state index in [2.05, 4.69) is 5.32 Å². The van der Waals surface area contributed by atoms with Crippen LogP contribution < -0.4 is 19.7 Å². The lowest BCUT2D eigenvalue weighted by molar-refractivity contribution is -0.131. The zero-order valence-electron chi connectivity index (χ0n) is 17.3. The number of anilines is 1. The van der Waals surface area contributed by atoms with Crippen LogP contribution in [0.1, 0.15) is 44.9 Å². The van der Waals surface area contributed by atoms with Gasteiger partial charge in [-0.1, -0.05) is 0 Å². The molecule has 6 nitrogen and oxygen atoms in total. The maximum atomic E-state index is 13.1. The number of benzene rings is 1. The number of ether oxygens (including phenoxy) is 2. The molecule has 0 aromatic heterocycles. The fraction of sp³-hybridized carbons (Fsp3) is 0.652. The predicted octanol–water partition coefficient (Wildman–Crippen LogP) is 3.14. The first-order valence-electron chi connectivity index (χ1n) is 10.8. The molecule has 1 unspecified atom stereocenters. The molecule has 5 aliphatic rings. The van der Waals surface area contributed by atoms with Gasteiger partial charge in [0, 0.05) is 30.3 Å². The van der Waals surface area contributed by atoms with Gasteiger partial charge < -0.3 is 19.7 Å². The topological polar surface area (TPSA) is 67.9 Å². The Labute approximate surface area is 171 Å². The zero-order valence-corrected chi connectivity index (χ0v) is 17.3. The minimum Gasteiger partial charge on any atom is -0.493 e. The summed E-state index contributed by atoms with van der Waals surface area (Å²) >= 11 is 0. The fourth-order valence-corrected chi connectivity index (χ4v) is 6.75. The summed E-state index contributed by atoms with van der Waals surface area (Å²) in [6.07, 6.45) is 7.71. The third-order valence-electron chi connectivity index (χ3n) is 7.60. The molecule has 4 saturated carbocycles. The van der Waals surface area contributed by atoms with Crippen molar-refractivity contribution in [3.8, 4) is 11.5 Å². The summed E-state index contributed by atoms with van der Waals surface area (Å²) in [5.41, 5.74) is 0.740. The highest BCUT2D eigenvalue weighted by Crippen LogP contribution is 2.55. The summed E-state index contributed by atoms with van der Waals surface area (Å²) in [7, 11) is 3.17. The first kappa shape index (κ1) is 18.8. The normalized spacial score (nSPS) is 35.1. The average Bonchev–Trinajstić information content (AvgIpc) is 3.08. The summed E-state index contributed by atoms with van der Waals surface area (Å²) in [4.78, 5) is 27.5. The maximum Gasteiger partial charge on any atom is 0.227 e. The Hall–Kier alpha value is -2.24. The minimum atomic E-state index is -0.288. The molecule has 6 rings (SSSR count). The summed E-state index contributed by atoms with van der Waals surface area (Å²) in [5.74, 6) is 3.33. The van der Waals surface area contributed by atoms with Gasteiger partial charge in [0.05, 0.1) is 20.1 Å². The third kappa shape index (κ3) is 3.26. The summed E-state index contributed by atoms with van der Waals surface area (Å²) in [6.45, 7) is 0.423. The van der Waals surface area contributed by atoms with Crippen molar-refractivity contribution >= 4 is 17.5 Å². The molecule has 0 radical (unpaired) electrons. The lowest BCUT2D eigenvalue weighted by Crippen LogP contribution is -2.60. The number of nitrogens with zero attached hydrogens (tertiary/aromatic N) is 1. The molecule has 1 N–H and O–H groups in total. The van der Waals surface area contributed by atoms with Gasteiger partial charge in [-0.2, -0.15) is 0 Å². The van der Waals surface area contributed by atoms with E-state index in [0.717, 1.165) is 42.7 Å². The molecule has 1 atom stereocenters. The quantitative estimate of drug-likeness (QED) is 0.827. The molecule has 1 aromatic carbocycles. The van der Waals surface area contributed by atoms with Crippen LogP contribution >= 0.6 is 0 Å². The van der Waals surface area contributed by atoms with E-state index < -0.39 is 0 Å². The van der Waals surface area contributed by atoms with E-state index in [-0.39, 0.29) is 29.7 Å². The summed E-state index contributed by atoms with van der Waals surface area (Å²) < 4.78 is 10.6. The van der Waals surface area contributed by atoms with Gasteiger partial charge in [0.25, 0.3) is 0 Å². The number of carbonyl (C=O) groups is 2. The highest BCUT2D eigenvalue weighted by atomic mass is 16.5. The lowest BCUT2D eigenvalue weighted by Gasteiger charge is -2.57. The van der Waals surface area contributed by atoms with E-state index >= 15 is 0 Å². The predicted molar refractivity (Wildman–Crippen MR) is 109 cm³/mol. The molecule has 1 heterocycles. The molecule has 6 heteroatoms. The van der Waals surface area contributed by atoms with Crippen molar-refractivity contribution in [1.29, 1.82) is 0 Å². The first-order chi connectivity index (χ1) is 14.0. The Balaban J connectivity index is 1.29. The van der Waals surface area contributed by atoms with Crippen LogP contribution in [0.5, 0.6) is 11.5 Å². The molecule has 29 heavy (non-hydrogen) atoms. The molecule has 156 valence electrons. The van der Waals surface area contributed by atoms with Gasteiger partial charge in [-0.3, -0.25) is 9.59 Å². The van der Waals surface area contributed by atoms with Crippen LogP contribution in [0.2, 0.25) is 0 Å². The smallest absolute Gasteiger partial charge is 0.227 e. The molecule has 1 aromatic rings. The third-order valence-corrected chi connectivity index (χ3v) is 7.60. The van der Waals surface area contributed by atoms with Crippen LogP contribution in [0.15, 0.2) is 18.2 Å². The number of carbonyl (C=O) groups excluding carboxylic acids is 2. The molecule has 2 amide bonds. The lowest BCUT2D eigenvalue weighted by atomic mass is 9.53. The second kappa shape index (κ2) is 6.92. The molecule has 1 saturated heterocycles. The standard InChI is InChI=1S/C23H30N2O4/c1-28-19-4-3-18(9-20(19)29-2)25-13-17(8-21(25)26)22(27)24-23-10-14-5-15(11-23)7-16(6-14)12-23/h3-4,9,14-17H,5-8,10-13H2,1-2H3,(H,24,27). The van der Waals surface area contributed by atoms with Gasteiger partial charge in [-0.15, -0.1) is 0 Å². The molecular weight excluding hydrogens is 368 g/mol. The van der Waals surface area contributed by atoms with Gasteiger partial charge in [0.15, 0.2) is 11.5 Å². The van der Waals surface area contributed by atoms with Crippen LogP contribution in [0, 0.1) is 23.7 Å². The van der Waals surface area contributed by atoms with Crippen LogP contribution in [0.4, 0.5) is 5.69 Å². The van der Waals surface area contributed by atoms with E-state index in [0.29, 0.717) is 18.0 Å². The van der Waals surface area contributed by atoms with Crippen LogP contribution in [-0.2, 0) is 9.59 Å². The van der Waals surface area contributed by atoms with Crippen molar-refractivity contribution in [2.24, 2.45) is 23.7 Å².